The molecule has 0 aliphatic carbocycles. The van der Waals surface area contributed by atoms with Crippen LogP contribution in [0.4, 0.5) is 11.4 Å². The molecule has 5 rings (SSSR count). The molecular formula is C25H22N2O5S. The zero-order valence-electron chi connectivity index (χ0n) is 17.9. The number of carbonyl (C=O) groups is 2. The van der Waals surface area contributed by atoms with Gasteiger partial charge in [-0.25, -0.2) is 0 Å². The number of hydrogen-bond acceptors (Lipinski definition) is 6. The Labute approximate surface area is 195 Å². The smallest absolute Gasteiger partial charge is 0.238 e. The van der Waals surface area contributed by atoms with Crippen LogP contribution in [0.25, 0.3) is 0 Å². The minimum Gasteiger partial charge on any atom is -0.497 e. The molecule has 0 spiro atoms. The van der Waals surface area contributed by atoms with Gasteiger partial charge in [0.15, 0.2) is 11.5 Å². The molecule has 0 aromatic heterocycles. The highest BCUT2D eigenvalue weighted by Crippen LogP contribution is 2.45. The number of hydrogen-bond donors (Lipinski definition) is 1. The predicted octanol–water partition coefficient (Wildman–Crippen LogP) is 4.38. The van der Waals surface area contributed by atoms with E-state index in [1.54, 1.807) is 23.8 Å². The van der Waals surface area contributed by atoms with Gasteiger partial charge in [0.25, 0.3) is 0 Å². The third-order valence-corrected chi connectivity index (χ3v) is 6.69. The molecule has 0 bridgehead atoms. The van der Waals surface area contributed by atoms with Crippen LogP contribution in [0.1, 0.15) is 16.5 Å². The molecule has 2 aliphatic rings. The molecule has 1 atom stereocenters. The van der Waals surface area contributed by atoms with E-state index in [1.807, 2.05) is 66.7 Å². The lowest BCUT2D eigenvalue weighted by molar-refractivity contribution is -0.116. The SMILES string of the molecule is COc1ccc(CC(=O)Nc2cccc(C3SCC(=O)N3c3ccc4c(c3)OCO4)c2)cc1. The van der Waals surface area contributed by atoms with Crippen molar-refractivity contribution in [3.63, 3.8) is 0 Å². The summed E-state index contributed by atoms with van der Waals surface area (Å²) in [6.07, 6.45) is 0.258. The van der Waals surface area contributed by atoms with Gasteiger partial charge in [-0.3, -0.25) is 14.5 Å². The van der Waals surface area contributed by atoms with E-state index < -0.39 is 0 Å². The second kappa shape index (κ2) is 9.07. The fourth-order valence-electron chi connectivity index (χ4n) is 3.89. The van der Waals surface area contributed by atoms with Gasteiger partial charge in [0.1, 0.15) is 11.1 Å². The maximum absolute atomic E-state index is 12.7. The van der Waals surface area contributed by atoms with E-state index in [0.29, 0.717) is 22.9 Å². The normalized spacial score (nSPS) is 16.7. The molecule has 1 unspecified atom stereocenters. The number of nitrogens with zero attached hydrogens (tertiary/aromatic N) is 1. The number of methoxy groups -OCH3 is 1. The minimum atomic E-state index is -0.198. The molecular weight excluding hydrogens is 440 g/mol. The third-order valence-electron chi connectivity index (χ3n) is 5.48. The van der Waals surface area contributed by atoms with Crippen LogP contribution < -0.4 is 24.4 Å². The number of ether oxygens (including phenoxy) is 3. The molecule has 33 heavy (non-hydrogen) atoms. The van der Waals surface area contributed by atoms with Gasteiger partial charge >= 0.3 is 0 Å². The molecule has 0 radical (unpaired) electrons. The van der Waals surface area contributed by atoms with E-state index >= 15 is 0 Å². The number of thioether (sulfide) groups is 1. The molecule has 0 saturated carbocycles. The zero-order chi connectivity index (χ0) is 22.8. The molecule has 1 N–H and O–H groups in total. The Morgan fingerprint density at radius 1 is 1.09 bits per heavy atom. The summed E-state index contributed by atoms with van der Waals surface area (Å²) in [5.41, 5.74) is 3.28. The van der Waals surface area contributed by atoms with Crippen molar-refractivity contribution in [1.82, 2.24) is 0 Å². The highest BCUT2D eigenvalue weighted by Gasteiger charge is 2.35. The van der Waals surface area contributed by atoms with Gasteiger partial charge in [-0.15, -0.1) is 11.8 Å². The molecule has 168 valence electrons. The van der Waals surface area contributed by atoms with E-state index in [9.17, 15) is 9.59 Å². The topological polar surface area (TPSA) is 77.1 Å². The van der Waals surface area contributed by atoms with Crippen molar-refractivity contribution in [3.05, 3.63) is 77.9 Å². The van der Waals surface area contributed by atoms with Gasteiger partial charge in [-0.1, -0.05) is 24.3 Å². The predicted molar refractivity (Wildman–Crippen MR) is 127 cm³/mol. The molecule has 2 heterocycles. The standard InChI is InChI=1S/C25H22N2O5S/c1-30-20-8-5-16(6-9-20)11-23(28)26-18-4-2-3-17(12-18)25-27(24(29)14-33-25)19-7-10-21-22(13-19)32-15-31-21/h2-10,12-13,25H,11,14-15H2,1H3,(H,26,28). The summed E-state index contributed by atoms with van der Waals surface area (Å²) in [4.78, 5) is 27.1. The van der Waals surface area contributed by atoms with Crippen LogP contribution in [0.5, 0.6) is 17.2 Å². The Kier molecular flexibility index (Phi) is 5.83. The second-order valence-corrected chi connectivity index (χ2v) is 8.73. The Bertz CT molecular complexity index is 1200. The van der Waals surface area contributed by atoms with E-state index in [0.717, 1.165) is 22.6 Å². The molecule has 2 amide bonds. The highest BCUT2D eigenvalue weighted by atomic mass is 32.2. The van der Waals surface area contributed by atoms with Crippen molar-refractivity contribution in [3.8, 4) is 17.2 Å². The number of fused-ring (bicyclic) bond motifs is 1. The first-order valence-corrected chi connectivity index (χ1v) is 11.5. The molecule has 8 heteroatoms. The summed E-state index contributed by atoms with van der Waals surface area (Å²) < 4.78 is 16.0. The molecule has 1 saturated heterocycles. The van der Waals surface area contributed by atoms with E-state index in [1.165, 1.54) is 0 Å². The van der Waals surface area contributed by atoms with Crippen LogP contribution in [0.2, 0.25) is 0 Å². The van der Waals surface area contributed by atoms with Crippen molar-refractivity contribution >= 4 is 35.0 Å². The molecule has 1 fully saturated rings. The van der Waals surface area contributed by atoms with Gasteiger partial charge in [0.2, 0.25) is 18.6 Å². The van der Waals surface area contributed by atoms with Gasteiger partial charge in [-0.2, -0.15) is 0 Å². The van der Waals surface area contributed by atoms with Crippen LogP contribution in [0, 0.1) is 0 Å². The average Bonchev–Trinajstić information content (AvgIpc) is 3.45. The lowest BCUT2D eigenvalue weighted by Gasteiger charge is -2.25. The van der Waals surface area contributed by atoms with E-state index in [2.05, 4.69) is 5.32 Å². The first-order valence-electron chi connectivity index (χ1n) is 10.5. The monoisotopic (exact) mass is 462 g/mol. The van der Waals surface area contributed by atoms with E-state index in [-0.39, 0.29) is 30.4 Å². The Morgan fingerprint density at radius 2 is 1.91 bits per heavy atom. The third kappa shape index (κ3) is 4.47. The van der Waals surface area contributed by atoms with Gasteiger partial charge < -0.3 is 19.5 Å². The highest BCUT2D eigenvalue weighted by molar-refractivity contribution is 8.00. The number of carbonyl (C=O) groups excluding carboxylic acids is 2. The van der Waals surface area contributed by atoms with Crippen molar-refractivity contribution in [2.24, 2.45) is 0 Å². The maximum atomic E-state index is 12.7. The summed E-state index contributed by atoms with van der Waals surface area (Å²) in [5.74, 6) is 2.36. The first-order chi connectivity index (χ1) is 16.1. The van der Waals surface area contributed by atoms with Crippen LogP contribution in [0.15, 0.2) is 66.7 Å². The fourth-order valence-corrected chi connectivity index (χ4v) is 5.06. The first kappa shape index (κ1) is 21.2. The van der Waals surface area contributed by atoms with Crippen LogP contribution in [0.3, 0.4) is 0 Å². The lowest BCUT2D eigenvalue weighted by Crippen LogP contribution is -2.27. The molecule has 3 aromatic carbocycles. The number of amides is 2. The summed E-state index contributed by atoms with van der Waals surface area (Å²) in [6.45, 7) is 0.184. The molecule has 2 aliphatic heterocycles. The molecule has 7 nitrogen and oxygen atoms in total. The largest absolute Gasteiger partial charge is 0.497 e. The Morgan fingerprint density at radius 3 is 2.73 bits per heavy atom. The number of nitrogens with one attached hydrogen (secondary N) is 1. The van der Waals surface area contributed by atoms with Crippen LogP contribution in [-0.4, -0.2) is 31.5 Å². The van der Waals surface area contributed by atoms with Crippen LogP contribution in [-0.2, 0) is 16.0 Å². The number of benzene rings is 3. The average molecular weight is 463 g/mol. The van der Waals surface area contributed by atoms with Crippen molar-refractivity contribution in [2.75, 3.05) is 29.9 Å². The summed E-state index contributed by atoms with van der Waals surface area (Å²) in [5, 5.41) is 2.77. The van der Waals surface area contributed by atoms with E-state index in [4.69, 9.17) is 14.2 Å². The maximum Gasteiger partial charge on any atom is 0.238 e. The van der Waals surface area contributed by atoms with Crippen molar-refractivity contribution in [2.45, 2.75) is 11.8 Å². The van der Waals surface area contributed by atoms with Crippen molar-refractivity contribution < 1.29 is 23.8 Å². The minimum absolute atomic E-state index is 0.0257. The van der Waals surface area contributed by atoms with Crippen LogP contribution >= 0.6 is 11.8 Å². The summed E-state index contributed by atoms with van der Waals surface area (Å²) >= 11 is 1.55. The number of anilines is 2. The molecule has 3 aromatic rings. The lowest BCUT2D eigenvalue weighted by atomic mass is 10.1. The van der Waals surface area contributed by atoms with Gasteiger partial charge in [0, 0.05) is 17.4 Å². The van der Waals surface area contributed by atoms with Crippen molar-refractivity contribution in [1.29, 1.82) is 0 Å². The Balaban J connectivity index is 1.32. The second-order valence-electron chi connectivity index (χ2n) is 7.66. The fraction of sp³-hybridized carbons (Fsp3) is 0.200. The summed E-state index contributed by atoms with van der Waals surface area (Å²) in [7, 11) is 1.61. The van der Waals surface area contributed by atoms with Gasteiger partial charge in [0.05, 0.1) is 19.3 Å². The van der Waals surface area contributed by atoms with Gasteiger partial charge in [-0.05, 0) is 47.5 Å². The zero-order valence-corrected chi connectivity index (χ0v) is 18.8. The summed E-state index contributed by atoms with van der Waals surface area (Å²) in [6, 6.07) is 20.6. The number of rotatable bonds is 6. The quantitative estimate of drug-likeness (QED) is 0.586. The Hall–Kier alpha value is -3.65.